The summed E-state index contributed by atoms with van der Waals surface area (Å²) >= 11 is 0. The number of urea groups is 1. The summed E-state index contributed by atoms with van der Waals surface area (Å²) in [6.07, 6.45) is 0. The van der Waals surface area contributed by atoms with Gasteiger partial charge in [0.1, 0.15) is 5.82 Å². The van der Waals surface area contributed by atoms with Crippen LogP contribution in [-0.4, -0.2) is 6.03 Å². The van der Waals surface area contributed by atoms with Crippen LogP contribution < -0.4 is 11.1 Å². The van der Waals surface area contributed by atoms with Gasteiger partial charge < -0.3 is 11.1 Å². The Morgan fingerprint density at radius 3 is 2.82 bits per heavy atom. The molecule has 0 radical (unpaired) electrons. The fourth-order valence-electron chi connectivity index (χ4n) is 0.708. The van der Waals surface area contributed by atoms with Crippen LogP contribution in [0.2, 0.25) is 0 Å². The second-order valence-corrected chi connectivity index (χ2v) is 2.00. The van der Waals surface area contributed by atoms with Gasteiger partial charge in [0.2, 0.25) is 0 Å². The zero-order valence-electron chi connectivity index (χ0n) is 5.67. The van der Waals surface area contributed by atoms with Crippen molar-refractivity contribution in [3.8, 4) is 0 Å². The van der Waals surface area contributed by atoms with Gasteiger partial charge in [-0.05, 0) is 18.2 Å². The van der Waals surface area contributed by atoms with Gasteiger partial charge in [-0.2, -0.15) is 0 Å². The molecular formula is C7H7FN2O. The van der Waals surface area contributed by atoms with Gasteiger partial charge in [-0.25, -0.2) is 9.18 Å². The summed E-state index contributed by atoms with van der Waals surface area (Å²) < 4.78 is 12.4. The van der Waals surface area contributed by atoms with E-state index in [0.717, 1.165) is 0 Å². The minimum atomic E-state index is -0.699. The predicted molar refractivity (Wildman–Crippen MR) is 39.6 cm³/mol. The van der Waals surface area contributed by atoms with Gasteiger partial charge in [-0.1, -0.05) is 6.07 Å². The van der Waals surface area contributed by atoms with Crippen molar-refractivity contribution >= 4 is 11.7 Å². The van der Waals surface area contributed by atoms with Crippen molar-refractivity contribution in [3.05, 3.63) is 30.1 Å². The van der Waals surface area contributed by atoms with Crippen LogP contribution >= 0.6 is 0 Å². The third-order valence-corrected chi connectivity index (χ3v) is 1.09. The van der Waals surface area contributed by atoms with E-state index in [1.807, 2.05) is 0 Å². The van der Waals surface area contributed by atoms with Gasteiger partial charge in [0.05, 0.1) is 0 Å². The molecule has 0 aromatic heterocycles. The number of nitrogens with two attached hydrogens (primary N) is 1. The summed E-state index contributed by atoms with van der Waals surface area (Å²) in [5.41, 5.74) is 5.16. The number of hydrogen-bond acceptors (Lipinski definition) is 1. The molecule has 3 N–H and O–H groups in total. The maximum atomic E-state index is 12.4. The fourth-order valence-corrected chi connectivity index (χ4v) is 0.708. The van der Waals surface area contributed by atoms with Gasteiger partial charge in [-0.15, -0.1) is 0 Å². The number of primary amides is 1. The van der Waals surface area contributed by atoms with E-state index in [1.54, 1.807) is 6.07 Å². The molecule has 4 heteroatoms. The summed E-state index contributed by atoms with van der Waals surface area (Å²) in [5.74, 6) is -0.406. The fraction of sp³-hybridized carbons (Fsp3) is 0. The Balaban J connectivity index is 2.79. The molecule has 1 aromatic carbocycles. The molecule has 0 unspecified atom stereocenters. The van der Waals surface area contributed by atoms with E-state index in [1.165, 1.54) is 18.2 Å². The van der Waals surface area contributed by atoms with Crippen LogP contribution in [0.1, 0.15) is 0 Å². The molecule has 0 aliphatic heterocycles. The van der Waals surface area contributed by atoms with Gasteiger partial charge >= 0.3 is 6.03 Å². The zero-order valence-corrected chi connectivity index (χ0v) is 5.67. The molecule has 0 aliphatic carbocycles. The molecule has 2 amide bonds. The predicted octanol–water partition coefficient (Wildman–Crippen LogP) is 1.32. The lowest BCUT2D eigenvalue weighted by atomic mass is 10.3. The molecule has 0 bridgehead atoms. The number of benzene rings is 1. The summed E-state index contributed by atoms with van der Waals surface area (Å²) in [5, 5.41) is 2.24. The van der Waals surface area contributed by atoms with Crippen molar-refractivity contribution in [2.24, 2.45) is 5.73 Å². The number of rotatable bonds is 1. The van der Waals surface area contributed by atoms with E-state index in [2.05, 4.69) is 5.32 Å². The molecule has 58 valence electrons. The van der Waals surface area contributed by atoms with E-state index < -0.39 is 11.8 Å². The molecule has 0 atom stereocenters. The second kappa shape index (κ2) is 3.01. The SMILES string of the molecule is NC(=O)Nc1cccc(F)c1. The van der Waals surface area contributed by atoms with Crippen molar-refractivity contribution in [2.75, 3.05) is 5.32 Å². The van der Waals surface area contributed by atoms with Crippen LogP contribution in [0.5, 0.6) is 0 Å². The van der Waals surface area contributed by atoms with Gasteiger partial charge in [-0.3, -0.25) is 0 Å². The molecule has 0 saturated carbocycles. The Hall–Kier alpha value is -1.58. The first kappa shape index (κ1) is 7.53. The largest absolute Gasteiger partial charge is 0.351 e. The molecular weight excluding hydrogens is 147 g/mol. The Morgan fingerprint density at radius 1 is 1.55 bits per heavy atom. The van der Waals surface area contributed by atoms with Crippen LogP contribution in [-0.2, 0) is 0 Å². The molecule has 11 heavy (non-hydrogen) atoms. The number of amides is 2. The molecule has 1 rings (SSSR count). The first-order valence-corrected chi connectivity index (χ1v) is 3.00. The van der Waals surface area contributed by atoms with E-state index in [-0.39, 0.29) is 0 Å². The van der Waals surface area contributed by atoms with Crippen LogP contribution in [0.25, 0.3) is 0 Å². The van der Waals surface area contributed by atoms with Crippen molar-refractivity contribution in [2.45, 2.75) is 0 Å². The highest BCUT2D eigenvalue weighted by Crippen LogP contribution is 2.07. The van der Waals surface area contributed by atoms with E-state index >= 15 is 0 Å². The molecule has 1 aromatic rings. The standard InChI is InChI=1S/C7H7FN2O/c8-5-2-1-3-6(4-5)10-7(9)11/h1-4H,(H3,9,10,11). The van der Waals surface area contributed by atoms with E-state index in [9.17, 15) is 9.18 Å². The Bertz CT molecular complexity index is 275. The lowest BCUT2D eigenvalue weighted by Crippen LogP contribution is -2.19. The Kier molecular flexibility index (Phi) is 2.06. The summed E-state index contributed by atoms with van der Waals surface area (Å²) in [4.78, 5) is 10.3. The van der Waals surface area contributed by atoms with Crippen molar-refractivity contribution in [1.82, 2.24) is 0 Å². The minimum absolute atomic E-state index is 0.359. The molecule has 0 spiro atoms. The van der Waals surface area contributed by atoms with Gasteiger partial charge in [0, 0.05) is 5.69 Å². The smallest absolute Gasteiger partial charge is 0.316 e. The van der Waals surface area contributed by atoms with Gasteiger partial charge in [0.15, 0.2) is 0 Å². The van der Waals surface area contributed by atoms with Crippen LogP contribution in [0.3, 0.4) is 0 Å². The maximum absolute atomic E-state index is 12.4. The number of carbonyl (C=O) groups is 1. The van der Waals surface area contributed by atoms with Crippen molar-refractivity contribution < 1.29 is 9.18 Å². The highest BCUT2D eigenvalue weighted by molar-refractivity contribution is 5.87. The Labute approximate surface area is 63.0 Å². The van der Waals surface area contributed by atoms with E-state index in [4.69, 9.17) is 5.73 Å². The van der Waals surface area contributed by atoms with Gasteiger partial charge in [0.25, 0.3) is 0 Å². The molecule has 0 fully saturated rings. The average molecular weight is 154 g/mol. The van der Waals surface area contributed by atoms with Crippen molar-refractivity contribution in [1.29, 1.82) is 0 Å². The first-order chi connectivity index (χ1) is 5.18. The topological polar surface area (TPSA) is 55.1 Å². The number of halogens is 1. The highest BCUT2D eigenvalue weighted by Gasteiger charge is 1.95. The summed E-state index contributed by atoms with van der Waals surface area (Å²) in [6, 6.07) is 4.81. The van der Waals surface area contributed by atoms with Crippen molar-refractivity contribution in [3.63, 3.8) is 0 Å². The molecule has 3 nitrogen and oxygen atoms in total. The maximum Gasteiger partial charge on any atom is 0.316 e. The number of anilines is 1. The first-order valence-electron chi connectivity index (χ1n) is 3.00. The zero-order chi connectivity index (χ0) is 8.27. The number of hydrogen-bond donors (Lipinski definition) is 2. The third-order valence-electron chi connectivity index (χ3n) is 1.09. The highest BCUT2D eigenvalue weighted by atomic mass is 19.1. The number of nitrogens with one attached hydrogen (secondary N) is 1. The molecule has 0 saturated heterocycles. The second-order valence-electron chi connectivity index (χ2n) is 2.00. The lowest BCUT2D eigenvalue weighted by Gasteiger charge is -1.99. The van der Waals surface area contributed by atoms with E-state index in [0.29, 0.717) is 5.69 Å². The monoisotopic (exact) mass is 154 g/mol. The number of carbonyl (C=O) groups excluding carboxylic acids is 1. The third kappa shape index (κ3) is 2.25. The Morgan fingerprint density at radius 2 is 2.27 bits per heavy atom. The van der Waals surface area contributed by atoms with Crippen LogP contribution in [0.4, 0.5) is 14.9 Å². The average Bonchev–Trinajstić information content (AvgIpc) is 1.85. The van der Waals surface area contributed by atoms with Crippen LogP contribution in [0, 0.1) is 5.82 Å². The lowest BCUT2D eigenvalue weighted by molar-refractivity contribution is 0.259. The summed E-state index contributed by atoms with van der Waals surface area (Å²) in [7, 11) is 0. The molecule has 0 aliphatic rings. The quantitative estimate of drug-likeness (QED) is 0.629. The normalized spacial score (nSPS) is 9.18. The minimum Gasteiger partial charge on any atom is -0.351 e. The summed E-state index contributed by atoms with van der Waals surface area (Å²) in [6.45, 7) is 0. The van der Waals surface area contributed by atoms with Crippen LogP contribution in [0.15, 0.2) is 24.3 Å². The molecule has 0 heterocycles.